The number of nitrogens with zero attached hydrogens (tertiary/aromatic N) is 1. The van der Waals surface area contributed by atoms with Crippen LogP contribution in [-0.4, -0.2) is 43.6 Å². The molecule has 1 unspecified atom stereocenters. The molecule has 0 aliphatic carbocycles. The number of rotatable bonds is 5. The second kappa shape index (κ2) is 7.26. The zero-order valence-corrected chi connectivity index (χ0v) is 14.1. The molecule has 5 heteroatoms. The van der Waals surface area contributed by atoms with Gasteiger partial charge < -0.3 is 15.0 Å². The number of carbonyl (C=O) groups is 1. The van der Waals surface area contributed by atoms with Gasteiger partial charge in [0.05, 0.1) is 12.7 Å². The number of carbonyl (C=O) groups excluding carboxylic acids is 1. The molecule has 20 heavy (non-hydrogen) atoms. The van der Waals surface area contributed by atoms with Crippen LogP contribution < -0.4 is 10.1 Å². The molecule has 4 nitrogen and oxygen atoms in total. The predicted octanol–water partition coefficient (Wildman–Crippen LogP) is 2.51. The van der Waals surface area contributed by atoms with Gasteiger partial charge in [0.2, 0.25) is 0 Å². The topological polar surface area (TPSA) is 41.6 Å². The van der Waals surface area contributed by atoms with Crippen molar-refractivity contribution in [2.24, 2.45) is 0 Å². The van der Waals surface area contributed by atoms with Crippen molar-refractivity contribution in [2.75, 3.05) is 26.7 Å². The zero-order chi connectivity index (χ0) is 14.5. The molecular weight excluding hydrogens is 367 g/mol. The van der Waals surface area contributed by atoms with Gasteiger partial charge in [0.25, 0.3) is 5.91 Å². The van der Waals surface area contributed by atoms with E-state index in [-0.39, 0.29) is 5.91 Å². The van der Waals surface area contributed by atoms with Gasteiger partial charge in [-0.2, -0.15) is 0 Å². The fraction of sp³-hybridized carbons (Fsp3) is 0.533. The first kappa shape index (κ1) is 15.6. The van der Waals surface area contributed by atoms with E-state index in [0.717, 1.165) is 47.4 Å². The Balaban J connectivity index is 2.22. The molecule has 1 heterocycles. The fourth-order valence-electron chi connectivity index (χ4n) is 2.55. The monoisotopic (exact) mass is 388 g/mol. The molecule has 1 aliphatic heterocycles. The Labute approximate surface area is 134 Å². The van der Waals surface area contributed by atoms with Gasteiger partial charge in [0.1, 0.15) is 5.75 Å². The summed E-state index contributed by atoms with van der Waals surface area (Å²) < 4.78 is 6.14. The van der Waals surface area contributed by atoms with Gasteiger partial charge in [0, 0.05) is 22.7 Å². The summed E-state index contributed by atoms with van der Waals surface area (Å²) in [4.78, 5) is 14.8. The summed E-state index contributed by atoms with van der Waals surface area (Å²) in [6.45, 7) is 4.82. The maximum Gasteiger partial charge on any atom is 0.255 e. The SMILES string of the molecule is CCCN(C(=O)c1ccc(OC)cc1I)C1CCNC1. The molecule has 110 valence electrons. The molecule has 0 radical (unpaired) electrons. The maximum atomic E-state index is 12.8. The van der Waals surface area contributed by atoms with Gasteiger partial charge in [-0.3, -0.25) is 4.79 Å². The normalized spacial score (nSPS) is 18.1. The number of ether oxygens (including phenoxy) is 1. The van der Waals surface area contributed by atoms with E-state index in [2.05, 4.69) is 34.8 Å². The summed E-state index contributed by atoms with van der Waals surface area (Å²) in [7, 11) is 1.64. The van der Waals surface area contributed by atoms with E-state index in [4.69, 9.17) is 4.74 Å². The van der Waals surface area contributed by atoms with E-state index < -0.39 is 0 Å². The van der Waals surface area contributed by atoms with E-state index in [9.17, 15) is 4.79 Å². The number of halogens is 1. The lowest BCUT2D eigenvalue weighted by molar-refractivity contribution is 0.0691. The Morgan fingerprint density at radius 1 is 1.55 bits per heavy atom. The summed E-state index contributed by atoms with van der Waals surface area (Å²) in [5.74, 6) is 0.920. The molecule has 1 aliphatic rings. The third kappa shape index (κ3) is 3.44. The smallest absolute Gasteiger partial charge is 0.255 e. The van der Waals surface area contributed by atoms with Crippen molar-refractivity contribution >= 4 is 28.5 Å². The van der Waals surface area contributed by atoms with E-state index in [1.54, 1.807) is 7.11 Å². The van der Waals surface area contributed by atoms with Gasteiger partial charge in [0.15, 0.2) is 0 Å². The van der Waals surface area contributed by atoms with E-state index in [1.165, 1.54) is 0 Å². The first-order valence-corrected chi connectivity index (χ1v) is 8.10. The quantitative estimate of drug-likeness (QED) is 0.789. The van der Waals surface area contributed by atoms with Crippen LogP contribution in [0.1, 0.15) is 30.1 Å². The molecule has 2 rings (SSSR count). The summed E-state index contributed by atoms with van der Waals surface area (Å²) in [6.07, 6.45) is 2.02. The van der Waals surface area contributed by atoms with Gasteiger partial charge in [-0.1, -0.05) is 6.92 Å². The van der Waals surface area contributed by atoms with Crippen LogP contribution in [0.3, 0.4) is 0 Å². The zero-order valence-electron chi connectivity index (χ0n) is 12.0. The lowest BCUT2D eigenvalue weighted by Crippen LogP contribution is -2.42. The molecule has 1 aromatic carbocycles. The van der Waals surface area contributed by atoms with Crippen molar-refractivity contribution in [3.8, 4) is 5.75 Å². The highest BCUT2D eigenvalue weighted by atomic mass is 127. The average Bonchev–Trinajstić information content (AvgIpc) is 2.97. The minimum atomic E-state index is 0.132. The van der Waals surface area contributed by atoms with Crippen LogP contribution in [0, 0.1) is 3.57 Å². The summed E-state index contributed by atoms with van der Waals surface area (Å²) in [6, 6.07) is 5.95. The van der Waals surface area contributed by atoms with Gasteiger partial charge in [-0.25, -0.2) is 0 Å². The minimum absolute atomic E-state index is 0.132. The van der Waals surface area contributed by atoms with Crippen molar-refractivity contribution in [1.29, 1.82) is 0 Å². The van der Waals surface area contributed by atoms with Gasteiger partial charge in [-0.05, 0) is 60.2 Å². The highest BCUT2D eigenvalue weighted by Crippen LogP contribution is 2.22. The first-order valence-electron chi connectivity index (χ1n) is 7.02. The Hall–Kier alpha value is -0.820. The van der Waals surface area contributed by atoms with Crippen LogP contribution >= 0.6 is 22.6 Å². The van der Waals surface area contributed by atoms with E-state index in [0.29, 0.717) is 6.04 Å². The highest BCUT2D eigenvalue weighted by Gasteiger charge is 2.27. The van der Waals surface area contributed by atoms with E-state index in [1.807, 2.05) is 23.1 Å². The molecule has 1 N–H and O–H groups in total. The Morgan fingerprint density at radius 2 is 2.35 bits per heavy atom. The molecule has 0 aromatic heterocycles. The van der Waals surface area contributed by atoms with Crippen molar-refractivity contribution < 1.29 is 9.53 Å². The Kier molecular flexibility index (Phi) is 5.65. The van der Waals surface area contributed by atoms with Crippen LogP contribution in [0.15, 0.2) is 18.2 Å². The summed E-state index contributed by atoms with van der Waals surface area (Å²) in [5.41, 5.74) is 0.770. The molecule has 0 bridgehead atoms. The second-order valence-electron chi connectivity index (χ2n) is 4.99. The van der Waals surface area contributed by atoms with Crippen LogP contribution in [0.5, 0.6) is 5.75 Å². The van der Waals surface area contributed by atoms with Crippen LogP contribution in [0.2, 0.25) is 0 Å². The number of nitrogens with one attached hydrogen (secondary N) is 1. The fourth-order valence-corrected chi connectivity index (χ4v) is 3.26. The van der Waals surface area contributed by atoms with Crippen molar-refractivity contribution in [3.05, 3.63) is 27.3 Å². The predicted molar refractivity (Wildman–Crippen MR) is 88.3 cm³/mol. The molecule has 1 amide bonds. The molecule has 1 fully saturated rings. The number of benzene rings is 1. The standard InChI is InChI=1S/C15H21IN2O2/c1-3-8-18(11-6-7-17-10-11)15(19)13-5-4-12(20-2)9-14(13)16/h4-5,9,11,17H,3,6-8,10H2,1-2H3. The Bertz CT molecular complexity index is 473. The maximum absolute atomic E-state index is 12.8. The second-order valence-corrected chi connectivity index (χ2v) is 6.15. The van der Waals surface area contributed by atoms with Gasteiger partial charge >= 0.3 is 0 Å². The minimum Gasteiger partial charge on any atom is -0.497 e. The average molecular weight is 388 g/mol. The summed E-state index contributed by atoms with van der Waals surface area (Å²) >= 11 is 2.21. The van der Waals surface area contributed by atoms with Crippen LogP contribution in [-0.2, 0) is 0 Å². The first-order chi connectivity index (χ1) is 9.67. The lowest BCUT2D eigenvalue weighted by atomic mass is 10.1. The molecule has 1 atom stereocenters. The number of hydrogen-bond donors (Lipinski definition) is 1. The summed E-state index contributed by atoms with van der Waals surface area (Å²) in [5, 5.41) is 3.33. The number of amides is 1. The molecule has 0 saturated carbocycles. The van der Waals surface area contributed by atoms with Crippen molar-refractivity contribution in [2.45, 2.75) is 25.8 Å². The third-order valence-electron chi connectivity index (χ3n) is 3.61. The van der Waals surface area contributed by atoms with Crippen LogP contribution in [0.25, 0.3) is 0 Å². The Morgan fingerprint density at radius 3 is 2.90 bits per heavy atom. The molecule has 1 aromatic rings. The largest absolute Gasteiger partial charge is 0.497 e. The van der Waals surface area contributed by atoms with Gasteiger partial charge in [-0.15, -0.1) is 0 Å². The highest BCUT2D eigenvalue weighted by molar-refractivity contribution is 14.1. The molecular formula is C15H21IN2O2. The number of methoxy groups -OCH3 is 1. The van der Waals surface area contributed by atoms with Crippen LogP contribution in [0.4, 0.5) is 0 Å². The molecule has 0 spiro atoms. The lowest BCUT2D eigenvalue weighted by Gasteiger charge is -2.28. The van der Waals surface area contributed by atoms with E-state index >= 15 is 0 Å². The number of hydrogen-bond acceptors (Lipinski definition) is 3. The van der Waals surface area contributed by atoms with Crippen molar-refractivity contribution in [3.63, 3.8) is 0 Å². The third-order valence-corrected chi connectivity index (χ3v) is 4.50. The molecule has 1 saturated heterocycles. The van der Waals surface area contributed by atoms with Crippen molar-refractivity contribution in [1.82, 2.24) is 10.2 Å².